The summed E-state index contributed by atoms with van der Waals surface area (Å²) >= 11 is 0. The van der Waals surface area contributed by atoms with Gasteiger partial charge in [-0.25, -0.2) is 0 Å². The zero-order valence-corrected chi connectivity index (χ0v) is 7.33. The fraction of sp³-hybridized carbons (Fsp3) is 0.400. The first-order valence-corrected chi connectivity index (χ1v) is 4.18. The van der Waals surface area contributed by atoms with Crippen molar-refractivity contribution < 1.29 is 5.11 Å². The van der Waals surface area contributed by atoms with Crippen LogP contribution in [0.15, 0.2) is 24.3 Å². The first-order valence-electron chi connectivity index (χ1n) is 4.18. The van der Waals surface area contributed by atoms with E-state index < -0.39 is 0 Å². The van der Waals surface area contributed by atoms with Gasteiger partial charge in [0.2, 0.25) is 0 Å². The van der Waals surface area contributed by atoms with Gasteiger partial charge >= 0.3 is 0 Å². The van der Waals surface area contributed by atoms with Gasteiger partial charge in [0, 0.05) is 19.1 Å². The van der Waals surface area contributed by atoms with Crippen molar-refractivity contribution in [2.24, 2.45) is 5.73 Å². The molecule has 1 unspecified atom stereocenters. The molecule has 0 aromatic heterocycles. The topological polar surface area (TPSA) is 46.2 Å². The zero-order chi connectivity index (χ0) is 8.97. The Kier molecular flexibility index (Phi) is 3.26. The first kappa shape index (κ1) is 9.23. The van der Waals surface area contributed by atoms with Crippen LogP contribution in [0.3, 0.4) is 0 Å². The smallest absolute Gasteiger partial charge is 0.0497 e. The summed E-state index contributed by atoms with van der Waals surface area (Å²) in [4.78, 5) is 0. The van der Waals surface area contributed by atoms with Crippen LogP contribution in [0.1, 0.15) is 24.0 Å². The summed E-state index contributed by atoms with van der Waals surface area (Å²) in [6.45, 7) is 2.71. The molecule has 0 fully saturated rings. The predicted molar refractivity (Wildman–Crippen MR) is 49.8 cm³/mol. The van der Waals surface area contributed by atoms with Gasteiger partial charge in [0.1, 0.15) is 0 Å². The van der Waals surface area contributed by atoms with E-state index in [1.54, 1.807) is 0 Å². The molecule has 0 saturated carbocycles. The minimum absolute atomic E-state index is 0.178. The average Bonchev–Trinajstić information content (AvgIpc) is 2.16. The molecule has 66 valence electrons. The van der Waals surface area contributed by atoms with Crippen molar-refractivity contribution in [1.82, 2.24) is 0 Å². The summed E-state index contributed by atoms with van der Waals surface area (Å²) in [6.07, 6.45) is 0. The van der Waals surface area contributed by atoms with Gasteiger partial charge in [-0.3, -0.25) is 0 Å². The number of aliphatic hydroxyl groups is 1. The number of nitrogens with two attached hydrogens (primary N) is 1. The van der Waals surface area contributed by atoms with Crippen LogP contribution in [0, 0.1) is 0 Å². The monoisotopic (exact) mass is 165 g/mol. The number of rotatable bonds is 3. The van der Waals surface area contributed by atoms with E-state index in [-0.39, 0.29) is 12.5 Å². The molecule has 1 aromatic rings. The molecule has 0 amide bonds. The molecule has 2 nitrogen and oxygen atoms in total. The Hall–Kier alpha value is -0.860. The normalized spacial score (nSPS) is 12.9. The lowest BCUT2D eigenvalue weighted by Gasteiger charge is -2.12. The highest BCUT2D eigenvalue weighted by Crippen LogP contribution is 2.18. The number of hydrogen-bond donors (Lipinski definition) is 2. The van der Waals surface area contributed by atoms with E-state index in [4.69, 9.17) is 10.8 Å². The maximum Gasteiger partial charge on any atom is 0.0497 e. The van der Waals surface area contributed by atoms with E-state index in [0.29, 0.717) is 6.54 Å². The highest BCUT2D eigenvalue weighted by Gasteiger charge is 2.06. The minimum Gasteiger partial charge on any atom is -0.396 e. The summed E-state index contributed by atoms with van der Waals surface area (Å²) in [7, 11) is 0. The molecule has 1 rings (SSSR count). The molecular formula is C10H15NO. The summed E-state index contributed by atoms with van der Waals surface area (Å²) in [5.74, 6) is 0.185. The van der Waals surface area contributed by atoms with Crippen LogP contribution < -0.4 is 5.73 Å². The van der Waals surface area contributed by atoms with Crippen LogP contribution in [0.4, 0.5) is 0 Å². The molecule has 0 heterocycles. The molecule has 12 heavy (non-hydrogen) atoms. The fourth-order valence-electron chi connectivity index (χ4n) is 1.30. The highest BCUT2D eigenvalue weighted by atomic mass is 16.3. The van der Waals surface area contributed by atoms with Gasteiger partial charge in [-0.1, -0.05) is 31.2 Å². The SMILES string of the molecule is CC(CO)c1ccccc1CN. The lowest BCUT2D eigenvalue weighted by Crippen LogP contribution is -2.06. The maximum absolute atomic E-state index is 8.97. The second kappa shape index (κ2) is 4.24. The largest absolute Gasteiger partial charge is 0.396 e. The minimum atomic E-state index is 0.178. The van der Waals surface area contributed by atoms with E-state index >= 15 is 0 Å². The van der Waals surface area contributed by atoms with E-state index in [2.05, 4.69) is 0 Å². The van der Waals surface area contributed by atoms with Crippen LogP contribution in [0.2, 0.25) is 0 Å². The summed E-state index contributed by atoms with van der Waals surface area (Å²) in [6, 6.07) is 7.96. The molecule has 0 bridgehead atoms. The Morgan fingerprint density at radius 3 is 2.67 bits per heavy atom. The van der Waals surface area contributed by atoms with Crippen molar-refractivity contribution in [2.45, 2.75) is 19.4 Å². The van der Waals surface area contributed by atoms with E-state index in [9.17, 15) is 0 Å². The van der Waals surface area contributed by atoms with Gasteiger partial charge in [0.05, 0.1) is 0 Å². The predicted octanol–water partition coefficient (Wildman–Crippen LogP) is 1.24. The summed E-state index contributed by atoms with van der Waals surface area (Å²) < 4.78 is 0. The van der Waals surface area contributed by atoms with Crippen molar-refractivity contribution in [3.8, 4) is 0 Å². The Morgan fingerprint density at radius 2 is 2.08 bits per heavy atom. The van der Waals surface area contributed by atoms with Crippen LogP contribution in [0.25, 0.3) is 0 Å². The average molecular weight is 165 g/mol. The van der Waals surface area contributed by atoms with E-state index in [1.807, 2.05) is 31.2 Å². The van der Waals surface area contributed by atoms with Gasteiger partial charge in [-0.05, 0) is 11.1 Å². The molecule has 0 spiro atoms. The highest BCUT2D eigenvalue weighted by molar-refractivity contribution is 5.29. The second-order valence-corrected chi connectivity index (χ2v) is 2.99. The molecule has 0 radical (unpaired) electrons. The molecule has 2 heteroatoms. The van der Waals surface area contributed by atoms with E-state index in [1.165, 1.54) is 0 Å². The second-order valence-electron chi connectivity index (χ2n) is 2.99. The van der Waals surface area contributed by atoms with Crippen molar-refractivity contribution in [3.63, 3.8) is 0 Å². The van der Waals surface area contributed by atoms with Gasteiger partial charge in [-0.15, -0.1) is 0 Å². The molecule has 0 aliphatic rings. The third-order valence-electron chi connectivity index (χ3n) is 2.08. The fourth-order valence-corrected chi connectivity index (χ4v) is 1.30. The van der Waals surface area contributed by atoms with Gasteiger partial charge in [0.15, 0.2) is 0 Å². The molecule has 1 aromatic carbocycles. The van der Waals surface area contributed by atoms with Crippen molar-refractivity contribution in [1.29, 1.82) is 0 Å². The third-order valence-corrected chi connectivity index (χ3v) is 2.08. The van der Waals surface area contributed by atoms with Gasteiger partial charge in [0.25, 0.3) is 0 Å². The standard InChI is InChI=1S/C10H15NO/c1-8(7-12)10-5-3-2-4-9(10)6-11/h2-5,8,12H,6-7,11H2,1H3. The molecule has 0 saturated heterocycles. The zero-order valence-electron chi connectivity index (χ0n) is 7.33. The lowest BCUT2D eigenvalue weighted by atomic mass is 9.96. The van der Waals surface area contributed by atoms with Crippen molar-refractivity contribution in [2.75, 3.05) is 6.61 Å². The van der Waals surface area contributed by atoms with Crippen LogP contribution in [-0.2, 0) is 6.54 Å². The first-order chi connectivity index (χ1) is 5.79. The molecule has 0 aliphatic carbocycles. The number of hydrogen-bond acceptors (Lipinski definition) is 2. The summed E-state index contributed by atoms with van der Waals surface area (Å²) in [5.41, 5.74) is 7.84. The van der Waals surface area contributed by atoms with Gasteiger partial charge < -0.3 is 10.8 Å². The Bertz CT molecular complexity index is 247. The van der Waals surface area contributed by atoms with Crippen LogP contribution in [-0.4, -0.2) is 11.7 Å². The van der Waals surface area contributed by atoms with Crippen LogP contribution in [0.5, 0.6) is 0 Å². The summed E-state index contributed by atoms with van der Waals surface area (Å²) in [5, 5.41) is 8.97. The number of benzene rings is 1. The van der Waals surface area contributed by atoms with Crippen LogP contribution >= 0.6 is 0 Å². The molecule has 1 atom stereocenters. The third kappa shape index (κ3) is 1.84. The molecule has 3 N–H and O–H groups in total. The molecular weight excluding hydrogens is 150 g/mol. The Balaban J connectivity index is 2.96. The Morgan fingerprint density at radius 1 is 1.42 bits per heavy atom. The maximum atomic E-state index is 8.97. The Labute approximate surface area is 73.0 Å². The lowest BCUT2D eigenvalue weighted by molar-refractivity contribution is 0.272. The van der Waals surface area contributed by atoms with Gasteiger partial charge in [-0.2, -0.15) is 0 Å². The number of aliphatic hydroxyl groups excluding tert-OH is 1. The quantitative estimate of drug-likeness (QED) is 0.708. The van der Waals surface area contributed by atoms with Crippen molar-refractivity contribution >= 4 is 0 Å². The van der Waals surface area contributed by atoms with Crippen molar-refractivity contribution in [3.05, 3.63) is 35.4 Å². The molecule has 0 aliphatic heterocycles. The van der Waals surface area contributed by atoms with E-state index in [0.717, 1.165) is 11.1 Å².